The number of hydrogen-bond acceptors (Lipinski definition) is 4. The third kappa shape index (κ3) is 3.20. The normalized spacial score (nSPS) is 18.2. The molecular formula is C18H21NO3S. The van der Waals surface area contributed by atoms with Crippen LogP contribution in [-0.2, 0) is 9.84 Å². The third-order valence-corrected chi connectivity index (χ3v) is 5.52. The van der Waals surface area contributed by atoms with E-state index in [1.54, 1.807) is 19.2 Å². The van der Waals surface area contributed by atoms with Gasteiger partial charge in [-0.25, -0.2) is 8.42 Å². The van der Waals surface area contributed by atoms with Gasteiger partial charge >= 0.3 is 0 Å². The van der Waals surface area contributed by atoms with Gasteiger partial charge in [-0.1, -0.05) is 30.3 Å². The molecule has 5 heteroatoms. The summed E-state index contributed by atoms with van der Waals surface area (Å²) >= 11 is 0. The highest BCUT2D eigenvalue weighted by atomic mass is 32.2. The Morgan fingerprint density at radius 2 is 1.78 bits per heavy atom. The molecule has 3 rings (SSSR count). The van der Waals surface area contributed by atoms with Crippen LogP contribution in [0.15, 0.2) is 53.4 Å². The van der Waals surface area contributed by atoms with E-state index in [1.165, 1.54) is 11.8 Å². The Labute approximate surface area is 137 Å². The van der Waals surface area contributed by atoms with Crippen molar-refractivity contribution in [2.45, 2.75) is 17.2 Å². The fourth-order valence-corrected chi connectivity index (χ4v) is 4.17. The first kappa shape index (κ1) is 15.9. The summed E-state index contributed by atoms with van der Waals surface area (Å²) in [5, 5.41) is 0. The molecule has 0 amide bonds. The monoisotopic (exact) mass is 331 g/mol. The molecule has 0 bridgehead atoms. The molecule has 1 fully saturated rings. The van der Waals surface area contributed by atoms with Crippen LogP contribution in [0.1, 0.15) is 17.9 Å². The van der Waals surface area contributed by atoms with Gasteiger partial charge in [0.25, 0.3) is 0 Å². The Morgan fingerprint density at radius 3 is 2.52 bits per heavy atom. The molecule has 0 saturated carbocycles. The quantitative estimate of drug-likeness (QED) is 0.864. The van der Waals surface area contributed by atoms with Crippen LogP contribution >= 0.6 is 0 Å². The largest absolute Gasteiger partial charge is 0.496 e. The van der Waals surface area contributed by atoms with Gasteiger partial charge in [0, 0.05) is 25.3 Å². The van der Waals surface area contributed by atoms with Gasteiger partial charge in [-0.3, -0.25) is 0 Å². The number of rotatable bonds is 4. The molecule has 1 unspecified atom stereocenters. The van der Waals surface area contributed by atoms with Gasteiger partial charge in [0.15, 0.2) is 9.84 Å². The Bertz CT molecular complexity index is 801. The topological polar surface area (TPSA) is 46.6 Å². The highest BCUT2D eigenvalue weighted by molar-refractivity contribution is 7.90. The van der Waals surface area contributed by atoms with Crippen LogP contribution in [0.2, 0.25) is 0 Å². The van der Waals surface area contributed by atoms with Crippen LogP contribution in [-0.4, -0.2) is 34.9 Å². The molecule has 1 saturated heterocycles. The molecule has 1 heterocycles. The number of para-hydroxylation sites is 2. The van der Waals surface area contributed by atoms with Crippen molar-refractivity contribution in [2.75, 3.05) is 31.4 Å². The lowest BCUT2D eigenvalue weighted by Crippen LogP contribution is -2.21. The summed E-state index contributed by atoms with van der Waals surface area (Å²) in [4.78, 5) is 2.56. The summed E-state index contributed by atoms with van der Waals surface area (Å²) < 4.78 is 29.5. The minimum absolute atomic E-state index is 0.346. The van der Waals surface area contributed by atoms with E-state index in [-0.39, 0.29) is 0 Å². The second-order valence-corrected chi connectivity index (χ2v) is 7.90. The van der Waals surface area contributed by atoms with Crippen molar-refractivity contribution in [2.24, 2.45) is 0 Å². The Hall–Kier alpha value is -2.01. The molecule has 0 N–H and O–H groups in total. The predicted molar refractivity (Wildman–Crippen MR) is 92.1 cm³/mol. The fraction of sp³-hybridized carbons (Fsp3) is 0.333. The van der Waals surface area contributed by atoms with Gasteiger partial charge in [-0.15, -0.1) is 0 Å². The smallest absolute Gasteiger partial charge is 0.177 e. The van der Waals surface area contributed by atoms with Crippen LogP contribution in [0.3, 0.4) is 0 Å². The number of ether oxygens (including phenoxy) is 1. The number of methoxy groups -OCH3 is 1. The van der Waals surface area contributed by atoms with Crippen molar-refractivity contribution in [1.29, 1.82) is 0 Å². The number of hydrogen-bond donors (Lipinski definition) is 0. The highest BCUT2D eigenvalue weighted by Crippen LogP contribution is 2.37. The summed E-state index contributed by atoms with van der Waals surface area (Å²) in [7, 11) is -1.55. The standard InChI is InChI=1S/C18H21NO3S/c1-22-17-9-5-3-7-15(17)14-11-12-19(13-14)16-8-4-6-10-18(16)23(2,20)21/h3-10,14H,11-13H2,1-2H3. The van der Waals surface area contributed by atoms with Crippen molar-refractivity contribution >= 4 is 15.5 Å². The first-order valence-corrected chi connectivity index (χ1v) is 9.57. The van der Waals surface area contributed by atoms with Gasteiger partial charge in [-0.05, 0) is 30.2 Å². The lowest BCUT2D eigenvalue weighted by Gasteiger charge is -2.22. The Morgan fingerprint density at radius 1 is 1.09 bits per heavy atom. The maximum Gasteiger partial charge on any atom is 0.177 e. The Kier molecular flexibility index (Phi) is 4.31. The van der Waals surface area contributed by atoms with Crippen molar-refractivity contribution < 1.29 is 13.2 Å². The lowest BCUT2D eigenvalue weighted by molar-refractivity contribution is 0.406. The number of anilines is 1. The maximum atomic E-state index is 12.0. The van der Waals surface area contributed by atoms with Gasteiger partial charge in [0.1, 0.15) is 5.75 Å². The molecule has 4 nitrogen and oxygen atoms in total. The molecule has 2 aromatic carbocycles. The zero-order chi connectivity index (χ0) is 16.4. The van der Waals surface area contributed by atoms with E-state index in [9.17, 15) is 8.42 Å². The summed E-state index contributed by atoms with van der Waals surface area (Å²) in [5.41, 5.74) is 1.99. The molecule has 1 atom stereocenters. The van der Waals surface area contributed by atoms with Gasteiger partial charge in [-0.2, -0.15) is 0 Å². The fourth-order valence-electron chi connectivity index (χ4n) is 3.27. The predicted octanol–water partition coefficient (Wildman–Crippen LogP) is 3.09. The molecule has 0 aliphatic carbocycles. The summed E-state index contributed by atoms with van der Waals surface area (Å²) in [6.07, 6.45) is 2.25. The van der Waals surface area contributed by atoms with Gasteiger partial charge in [0.05, 0.1) is 17.7 Å². The third-order valence-electron chi connectivity index (χ3n) is 4.37. The van der Waals surface area contributed by atoms with Crippen LogP contribution in [0.5, 0.6) is 5.75 Å². The van der Waals surface area contributed by atoms with Gasteiger partial charge in [0.2, 0.25) is 0 Å². The summed E-state index contributed by atoms with van der Waals surface area (Å²) in [6, 6.07) is 15.3. The van der Waals surface area contributed by atoms with E-state index < -0.39 is 9.84 Å². The molecule has 0 spiro atoms. The van der Waals surface area contributed by atoms with Gasteiger partial charge < -0.3 is 9.64 Å². The number of nitrogens with zero attached hydrogens (tertiary/aromatic N) is 1. The first-order chi connectivity index (χ1) is 11.0. The zero-order valence-electron chi connectivity index (χ0n) is 13.4. The van der Waals surface area contributed by atoms with E-state index in [4.69, 9.17) is 4.74 Å². The maximum absolute atomic E-state index is 12.0. The molecule has 122 valence electrons. The van der Waals surface area contributed by atoms with E-state index in [2.05, 4.69) is 11.0 Å². The second kappa shape index (κ2) is 6.24. The van der Waals surface area contributed by atoms with Crippen LogP contribution < -0.4 is 9.64 Å². The molecule has 1 aliphatic heterocycles. The molecular weight excluding hydrogens is 310 g/mol. The van der Waals surface area contributed by atoms with E-state index in [0.29, 0.717) is 10.8 Å². The van der Waals surface area contributed by atoms with Crippen molar-refractivity contribution in [3.63, 3.8) is 0 Å². The van der Waals surface area contributed by atoms with E-state index in [0.717, 1.165) is 30.9 Å². The van der Waals surface area contributed by atoms with Crippen LogP contribution in [0, 0.1) is 0 Å². The summed E-state index contributed by atoms with van der Waals surface area (Å²) in [5.74, 6) is 1.24. The number of benzene rings is 2. The van der Waals surface area contributed by atoms with Crippen LogP contribution in [0.4, 0.5) is 5.69 Å². The molecule has 0 radical (unpaired) electrons. The van der Waals surface area contributed by atoms with Crippen molar-refractivity contribution in [1.82, 2.24) is 0 Å². The zero-order valence-corrected chi connectivity index (χ0v) is 14.2. The van der Waals surface area contributed by atoms with E-state index >= 15 is 0 Å². The first-order valence-electron chi connectivity index (χ1n) is 7.67. The minimum Gasteiger partial charge on any atom is -0.496 e. The molecule has 2 aromatic rings. The highest BCUT2D eigenvalue weighted by Gasteiger charge is 2.28. The molecule has 23 heavy (non-hydrogen) atoms. The van der Waals surface area contributed by atoms with Crippen molar-refractivity contribution in [3.8, 4) is 5.75 Å². The number of sulfone groups is 1. The Balaban J connectivity index is 1.89. The lowest BCUT2D eigenvalue weighted by atomic mass is 9.97. The minimum atomic E-state index is -3.23. The molecule has 0 aromatic heterocycles. The molecule has 1 aliphatic rings. The average Bonchev–Trinajstić information content (AvgIpc) is 3.03. The van der Waals surface area contributed by atoms with Crippen molar-refractivity contribution in [3.05, 3.63) is 54.1 Å². The van der Waals surface area contributed by atoms with Crippen LogP contribution in [0.25, 0.3) is 0 Å². The SMILES string of the molecule is COc1ccccc1C1CCN(c2ccccc2S(C)(=O)=O)C1. The summed E-state index contributed by atoms with van der Waals surface area (Å²) in [6.45, 7) is 1.64. The van der Waals surface area contributed by atoms with E-state index in [1.807, 2.05) is 30.3 Å². The average molecular weight is 331 g/mol. The second-order valence-electron chi connectivity index (χ2n) is 5.91.